The summed E-state index contributed by atoms with van der Waals surface area (Å²) in [6, 6.07) is 0. The van der Waals surface area contributed by atoms with Gasteiger partial charge in [0.1, 0.15) is 0 Å². The van der Waals surface area contributed by atoms with Gasteiger partial charge in [0.25, 0.3) is 0 Å². The van der Waals surface area contributed by atoms with E-state index in [-0.39, 0.29) is 0 Å². The van der Waals surface area contributed by atoms with Crippen molar-refractivity contribution in [2.45, 2.75) is 0 Å². The summed E-state index contributed by atoms with van der Waals surface area (Å²) < 4.78 is 0. The lowest BCUT2D eigenvalue weighted by Gasteiger charge is -1.98. The van der Waals surface area contributed by atoms with Crippen LogP contribution >= 0.6 is 68.4 Å². The molecular weight excluding hydrogens is 264 g/mol. The highest BCUT2D eigenvalue weighted by molar-refractivity contribution is 8.78. The van der Waals surface area contributed by atoms with E-state index in [2.05, 4.69) is 25.3 Å². The molecule has 12 heavy (non-hydrogen) atoms. The summed E-state index contributed by atoms with van der Waals surface area (Å²) >= 11 is 8.28. The van der Waals surface area contributed by atoms with Gasteiger partial charge in [0, 0.05) is 34.5 Å². The van der Waals surface area contributed by atoms with Crippen LogP contribution in [0.1, 0.15) is 0 Å². The van der Waals surface area contributed by atoms with Crippen LogP contribution in [0.2, 0.25) is 0 Å². The zero-order valence-corrected chi connectivity index (χ0v) is 11.8. The molecule has 0 rings (SSSR count). The third kappa shape index (κ3) is 12.1. The summed E-state index contributed by atoms with van der Waals surface area (Å²) in [4.78, 5) is 0. The normalized spacial score (nSPS) is 10.5. The maximum atomic E-state index is 4.14. The highest BCUT2D eigenvalue weighted by Crippen LogP contribution is 2.26. The molecule has 0 unspecified atom stereocenters. The van der Waals surface area contributed by atoms with Crippen LogP contribution in [-0.4, -0.2) is 34.5 Å². The first kappa shape index (κ1) is 14.1. The Kier molecular flexibility index (Phi) is 15.4. The van der Waals surface area contributed by atoms with Crippen molar-refractivity contribution in [1.29, 1.82) is 0 Å². The van der Waals surface area contributed by atoms with Crippen LogP contribution in [0.5, 0.6) is 0 Å². The molecular formula is C6H14S6. The van der Waals surface area contributed by atoms with Crippen molar-refractivity contribution < 1.29 is 0 Å². The molecule has 0 aliphatic heterocycles. The van der Waals surface area contributed by atoms with Gasteiger partial charge in [-0.15, -0.1) is 0 Å². The van der Waals surface area contributed by atoms with Crippen LogP contribution in [0.4, 0.5) is 0 Å². The molecule has 0 spiro atoms. The van der Waals surface area contributed by atoms with E-state index in [1.165, 1.54) is 11.5 Å². The van der Waals surface area contributed by atoms with Crippen molar-refractivity contribution >= 4 is 68.4 Å². The van der Waals surface area contributed by atoms with Crippen LogP contribution in [0.15, 0.2) is 0 Å². The predicted octanol–water partition coefficient (Wildman–Crippen LogP) is 3.61. The fourth-order valence-corrected chi connectivity index (χ4v) is 5.97. The van der Waals surface area contributed by atoms with Gasteiger partial charge in [0.15, 0.2) is 0 Å². The van der Waals surface area contributed by atoms with Crippen molar-refractivity contribution in [3.8, 4) is 0 Å². The number of rotatable bonds is 9. The van der Waals surface area contributed by atoms with Gasteiger partial charge in [-0.1, -0.05) is 43.2 Å². The van der Waals surface area contributed by atoms with Crippen molar-refractivity contribution in [3.63, 3.8) is 0 Å². The van der Waals surface area contributed by atoms with Crippen LogP contribution < -0.4 is 0 Å². The highest BCUT2D eigenvalue weighted by Gasteiger charge is 1.91. The second kappa shape index (κ2) is 13.1. The predicted molar refractivity (Wildman–Crippen MR) is 77.5 cm³/mol. The summed E-state index contributed by atoms with van der Waals surface area (Å²) in [5, 5.41) is 0. The second-order valence-electron chi connectivity index (χ2n) is 1.74. The zero-order chi connectivity index (χ0) is 9.07. The van der Waals surface area contributed by atoms with Gasteiger partial charge in [-0.25, -0.2) is 0 Å². The van der Waals surface area contributed by atoms with E-state index in [9.17, 15) is 0 Å². The minimum atomic E-state index is 0.985. The number of thiol groups is 2. The molecule has 0 radical (unpaired) electrons. The Morgan fingerprint density at radius 2 is 0.917 bits per heavy atom. The number of hydrogen-bond donors (Lipinski definition) is 2. The molecule has 6 heteroatoms. The van der Waals surface area contributed by atoms with Gasteiger partial charge < -0.3 is 0 Å². The molecule has 0 amide bonds. The molecule has 0 aromatic rings. The Morgan fingerprint density at radius 1 is 0.583 bits per heavy atom. The lowest BCUT2D eigenvalue weighted by atomic mass is 11.0. The lowest BCUT2D eigenvalue weighted by Crippen LogP contribution is -1.82. The smallest absolute Gasteiger partial charge is 0.0136 e. The van der Waals surface area contributed by atoms with Crippen LogP contribution in [-0.2, 0) is 0 Å². The largest absolute Gasteiger partial charge is 0.178 e. The second-order valence-corrected chi connectivity index (χ2v) is 8.03. The van der Waals surface area contributed by atoms with Gasteiger partial charge >= 0.3 is 0 Å². The van der Waals surface area contributed by atoms with E-state index in [0.29, 0.717) is 0 Å². The Labute approximate surface area is 102 Å². The molecule has 0 aromatic heterocycles. The minimum absolute atomic E-state index is 0.985. The first-order valence-electron chi connectivity index (χ1n) is 3.62. The molecule has 0 nitrogen and oxygen atoms in total. The quantitative estimate of drug-likeness (QED) is 0.375. The monoisotopic (exact) mass is 278 g/mol. The van der Waals surface area contributed by atoms with Crippen LogP contribution in [0, 0.1) is 0 Å². The van der Waals surface area contributed by atoms with Gasteiger partial charge in [0.05, 0.1) is 0 Å². The molecule has 0 aliphatic rings. The molecule has 0 bridgehead atoms. The fraction of sp³-hybridized carbons (Fsp3) is 1.00. The summed E-state index contributed by atoms with van der Waals surface area (Å²) in [7, 11) is 7.74. The van der Waals surface area contributed by atoms with Crippen molar-refractivity contribution in [2.75, 3.05) is 34.5 Å². The highest BCUT2D eigenvalue weighted by atomic mass is 33.1. The summed E-state index contributed by atoms with van der Waals surface area (Å²) in [5.41, 5.74) is 0. The lowest BCUT2D eigenvalue weighted by molar-refractivity contribution is 1.56. The third-order valence-electron chi connectivity index (χ3n) is 0.766. The molecule has 0 fully saturated rings. The Bertz CT molecular complexity index is 68.4. The van der Waals surface area contributed by atoms with Gasteiger partial charge in [-0.3, -0.25) is 0 Å². The molecule has 0 saturated heterocycles. The first-order chi connectivity index (χ1) is 5.91. The maximum Gasteiger partial charge on any atom is 0.0136 e. The maximum absolute atomic E-state index is 4.14. The van der Waals surface area contributed by atoms with E-state index in [4.69, 9.17) is 0 Å². The summed E-state index contributed by atoms with van der Waals surface area (Å²) in [6.07, 6.45) is 0. The van der Waals surface area contributed by atoms with E-state index in [0.717, 1.165) is 23.0 Å². The topological polar surface area (TPSA) is 0 Å². The number of hydrogen-bond acceptors (Lipinski definition) is 6. The Hall–Kier alpha value is 2.10. The first-order valence-corrected chi connectivity index (χ1v) is 9.86. The minimum Gasteiger partial charge on any atom is -0.178 e. The van der Waals surface area contributed by atoms with E-state index in [1.54, 1.807) is 0 Å². The van der Waals surface area contributed by atoms with Crippen LogP contribution in [0.3, 0.4) is 0 Å². The van der Waals surface area contributed by atoms with Gasteiger partial charge in [0.2, 0.25) is 0 Å². The van der Waals surface area contributed by atoms with Crippen molar-refractivity contribution in [2.24, 2.45) is 0 Å². The zero-order valence-electron chi connectivity index (χ0n) is 6.77. The third-order valence-corrected chi connectivity index (χ3v) is 6.89. The molecule has 0 atom stereocenters. The molecule has 0 aromatic carbocycles. The molecule has 0 heterocycles. The Balaban J connectivity index is 2.73. The van der Waals surface area contributed by atoms with Crippen molar-refractivity contribution in [3.05, 3.63) is 0 Å². The molecule has 0 N–H and O–H groups in total. The van der Waals surface area contributed by atoms with Gasteiger partial charge in [-0.2, -0.15) is 25.3 Å². The summed E-state index contributed by atoms with van der Waals surface area (Å²) in [6.45, 7) is 0. The van der Waals surface area contributed by atoms with Gasteiger partial charge in [-0.05, 0) is 0 Å². The van der Waals surface area contributed by atoms with E-state index in [1.807, 2.05) is 43.2 Å². The fourth-order valence-electron chi connectivity index (χ4n) is 0.378. The van der Waals surface area contributed by atoms with E-state index >= 15 is 0 Å². The molecule has 74 valence electrons. The molecule has 0 aliphatic carbocycles. The summed E-state index contributed by atoms with van der Waals surface area (Å²) in [5.74, 6) is 6.76. The Morgan fingerprint density at radius 3 is 1.25 bits per heavy atom. The molecule has 0 saturated carbocycles. The average molecular weight is 279 g/mol. The SMILES string of the molecule is SCCSSCCSSCCS. The van der Waals surface area contributed by atoms with Crippen molar-refractivity contribution in [1.82, 2.24) is 0 Å². The van der Waals surface area contributed by atoms with E-state index < -0.39 is 0 Å². The standard InChI is InChI=1S/C6H14S6/c7-1-3-9-11-5-6-12-10-4-2-8/h7-8H,1-6H2. The average Bonchev–Trinajstić information content (AvgIpc) is 2.10. The van der Waals surface area contributed by atoms with Crippen LogP contribution in [0.25, 0.3) is 0 Å².